The van der Waals surface area contributed by atoms with Crippen LogP contribution in [0.2, 0.25) is 0 Å². The second-order valence-corrected chi connectivity index (χ2v) is 5.19. The van der Waals surface area contributed by atoms with Gasteiger partial charge in [-0.3, -0.25) is 4.79 Å². The first-order valence-electron chi connectivity index (χ1n) is 6.11. The molecule has 0 unspecified atom stereocenters. The van der Waals surface area contributed by atoms with Gasteiger partial charge >= 0.3 is 5.82 Å². The van der Waals surface area contributed by atoms with Gasteiger partial charge in [0.15, 0.2) is 0 Å². The van der Waals surface area contributed by atoms with Gasteiger partial charge in [-0.25, -0.2) is 0 Å². The summed E-state index contributed by atoms with van der Waals surface area (Å²) in [5.41, 5.74) is 0.516. The van der Waals surface area contributed by atoms with Crippen molar-refractivity contribution in [3.63, 3.8) is 0 Å². The van der Waals surface area contributed by atoms with Crippen LogP contribution in [0.5, 0.6) is 0 Å². The van der Waals surface area contributed by atoms with E-state index in [1.807, 2.05) is 0 Å². The van der Waals surface area contributed by atoms with Crippen molar-refractivity contribution in [2.75, 3.05) is 0 Å². The van der Waals surface area contributed by atoms with Crippen LogP contribution in [0.15, 0.2) is 27.3 Å². The Labute approximate surface area is 128 Å². The van der Waals surface area contributed by atoms with Crippen molar-refractivity contribution < 1.29 is 14.1 Å². The third kappa shape index (κ3) is 3.13. The maximum atomic E-state index is 12.1. The molecule has 0 saturated heterocycles. The molecule has 0 aliphatic carbocycles. The van der Waals surface area contributed by atoms with E-state index in [1.54, 1.807) is 26.0 Å². The second-order valence-electron chi connectivity index (χ2n) is 4.40. The van der Waals surface area contributed by atoms with Gasteiger partial charge in [-0.2, -0.15) is 4.68 Å². The van der Waals surface area contributed by atoms with Crippen LogP contribution in [0.25, 0.3) is 0 Å². The van der Waals surface area contributed by atoms with Crippen LogP contribution in [-0.4, -0.2) is 20.6 Å². The second kappa shape index (κ2) is 6.08. The van der Waals surface area contributed by atoms with E-state index in [0.717, 1.165) is 0 Å². The van der Waals surface area contributed by atoms with Crippen LogP contribution >= 0.6 is 15.9 Å². The number of furan rings is 1. The molecular formula is C12H13BrN4O4. The number of hydrogen-bond donors (Lipinski definition) is 1. The fraction of sp³-hybridized carbons (Fsp3) is 0.333. The van der Waals surface area contributed by atoms with Gasteiger partial charge in [-0.05, 0) is 46.8 Å². The lowest BCUT2D eigenvalue weighted by molar-refractivity contribution is -0.390. The Kier molecular flexibility index (Phi) is 4.41. The molecule has 0 bridgehead atoms. The van der Waals surface area contributed by atoms with E-state index >= 15 is 0 Å². The van der Waals surface area contributed by atoms with E-state index in [1.165, 1.54) is 10.9 Å². The molecule has 1 amide bonds. The summed E-state index contributed by atoms with van der Waals surface area (Å²) in [6, 6.07) is 2.79. The molecule has 2 rings (SSSR count). The lowest BCUT2D eigenvalue weighted by atomic mass is 10.3. The van der Waals surface area contributed by atoms with Gasteiger partial charge in [0.1, 0.15) is 16.3 Å². The molecule has 1 atom stereocenters. The maximum Gasteiger partial charge on any atom is 0.404 e. The molecule has 8 nitrogen and oxygen atoms in total. The van der Waals surface area contributed by atoms with Gasteiger partial charge in [0, 0.05) is 0 Å². The van der Waals surface area contributed by atoms with Crippen LogP contribution in [-0.2, 0) is 11.3 Å². The van der Waals surface area contributed by atoms with Crippen molar-refractivity contribution >= 4 is 27.7 Å². The molecule has 0 spiro atoms. The molecule has 1 N–H and O–H groups in total. The summed E-state index contributed by atoms with van der Waals surface area (Å²) in [7, 11) is 0. The van der Waals surface area contributed by atoms with E-state index in [-0.39, 0.29) is 22.7 Å². The van der Waals surface area contributed by atoms with Crippen molar-refractivity contribution in [3.8, 4) is 0 Å². The summed E-state index contributed by atoms with van der Waals surface area (Å²) >= 11 is 3.12. The fourth-order valence-corrected chi connectivity index (χ4v) is 2.23. The van der Waals surface area contributed by atoms with Gasteiger partial charge < -0.3 is 19.8 Å². The number of carbonyl (C=O) groups excluding carboxylic acids is 1. The minimum atomic E-state index is -0.676. The number of rotatable bonds is 5. The molecule has 0 aliphatic rings. The molecule has 2 heterocycles. The van der Waals surface area contributed by atoms with Gasteiger partial charge in [0.05, 0.1) is 23.6 Å². The maximum absolute atomic E-state index is 12.1. The van der Waals surface area contributed by atoms with Crippen LogP contribution < -0.4 is 5.32 Å². The predicted molar refractivity (Wildman–Crippen MR) is 76.6 cm³/mol. The number of halogens is 1. The number of nitro groups is 1. The Morgan fingerprint density at radius 1 is 1.67 bits per heavy atom. The van der Waals surface area contributed by atoms with Crippen molar-refractivity contribution in [3.05, 3.63) is 44.4 Å². The highest BCUT2D eigenvalue weighted by Crippen LogP contribution is 2.28. The SMILES string of the molecule is Cc1c(Br)c([N+](=O)[O-])nn1[C@@H](C)C(=O)NCc1ccco1. The van der Waals surface area contributed by atoms with Crippen LogP contribution in [0.3, 0.4) is 0 Å². The molecule has 2 aromatic rings. The summed E-state index contributed by atoms with van der Waals surface area (Å²) in [6.07, 6.45) is 1.52. The zero-order valence-corrected chi connectivity index (χ0v) is 13.0. The molecule has 112 valence electrons. The Morgan fingerprint density at radius 2 is 2.38 bits per heavy atom. The van der Waals surface area contributed by atoms with Crippen LogP contribution in [0, 0.1) is 17.0 Å². The van der Waals surface area contributed by atoms with E-state index in [2.05, 4.69) is 26.3 Å². The van der Waals surface area contributed by atoms with E-state index in [4.69, 9.17) is 4.42 Å². The third-order valence-electron chi connectivity index (χ3n) is 3.00. The summed E-state index contributed by atoms with van der Waals surface area (Å²) in [4.78, 5) is 22.3. The van der Waals surface area contributed by atoms with Crippen molar-refractivity contribution in [1.29, 1.82) is 0 Å². The molecule has 0 fully saturated rings. The molecule has 0 aromatic carbocycles. The van der Waals surface area contributed by atoms with Gasteiger partial charge in [0.25, 0.3) is 0 Å². The summed E-state index contributed by atoms with van der Waals surface area (Å²) in [5.74, 6) is 0.0116. The average molecular weight is 357 g/mol. The fourth-order valence-electron chi connectivity index (χ4n) is 1.82. The monoisotopic (exact) mass is 356 g/mol. The highest BCUT2D eigenvalue weighted by Gasteiger charge is 2.29. The van der Waals surface area contributed by atoms with E-state index in [0.29, 0.717) is 11.5 Å². The topological polar surface area (TPSA) is 103 Å². The lowest BCUT2D eigenvalue weighted by Crippen LogP contribution is -2.31. The summed E-state index contributed by atoms with van der Waals surface area (Å²) < 4.78 is 6.71. The zero-order chi connectivity index (χ0) is 15.6. The van der Waals surface area contributed by atoms with Crippen molar-refractivity contribution in [1.82, 2.24) is 15.1 Å². The molecule has 0 aliphatic heterocycles. The molecule has 21 heavy (non-hydrogen) atoms. The minimum Gasteiger partial charge on any atom is -0.467 e. The number of hydrogen-bond acceptors (Lipinski definition) is 5. The first-order chi connectivity index (χ1) is 9.91. The predicted octanol–water partition coefficient (Wildman–Crippen LogP) is 2.33. The summed E-state index contributed by atoms with van der Waals surface area (Å²) in [6.45, 7) is 3.52. The number of nitrogens with one attached hydrogen (secondary N) is 1. The zero-order valence-electron chi connectivity index (χ0n) is 11.4. The average Bonchev–Trinajstić information content (AvgIpc) is 3.05. The number of carbonyl (C=O) groups is 1. The largest absolute Gasteiger partial charge is 0.467 e. The Morgan fingerprint density at radius 3 is 2.90 bits per heavy atom. The van der Waals surface area contributed by atoms with Gasteiger partial charge in [-0.1, -0.05) is 0 Å². The van der Waals surface area contributed by atoms with Crippen LogP contribution in [0.1, 0.15) is 24.4 Å². The van der Waals surface area contributed by atoms with Crippen molar-refractivity contribution in [2.24, 2.45) is 0 Å². The molecule has 0 radical (unpaired) electrons. The molecule has 0 saturated carbocycles. The number of nitrogens with zero attached hydrogens (tertiary/aromatic N) is 3. The van der Waals surface area contributed by atoms with Gasteiger partial charge in [-0.15, -0.1) is 0 Å². The normalized spacial score (nSPS) is 12.1. The highest BCUT2D eigenvalue weighted by molar-refractivity contribution is 9.10. The Bertz CT molecular complexity index is 665. The van der Waals surface area contributed by atoms with Crippen LogP contribution in [0.4, 0.5) is 5.82 Å². The standard InChI is InChI=1S/C12H13BrN4O4/c1-7-10(13)11(17(19)20)15-16(7)8(2)12(18)14-6-9-4-3-5-21-9/h3-5,8H,6H2,1-2H3,(H,14,18)/t8-/m0/s1. The van der Waals surface area contributed by atoms with E-state index < -0.39 is 11.0 Å². The number of aromatic nitrogens is 2. The van der Waals surface area contributed by atoms with Crippen molar-refractivity contribution in [2.45, 2.75) is 26.4 Å². The van der Waals surface area contributed by atoms with Gasteiger partial charge in [0.2, 0.25) is 5.91 Å². The third-order valence-corrected chi connectivity index (χ3v) is 3.92. The first-order valence-corrected chi connectivity index (χ1v) is 6.90. The first kappa shape index (κ1) is 15.2. The smallest absolute Gasteiger partial charge is 0.404 e. The summed E-state index contributed by atoms with van der Waals surface area (Å²) in [5, 5.41) is 17.4. The van der Waals surface area contributed by atoms with E-state index in [9.17, 15) is 14.9 Å². The molecular weight excluding hydrogens is 344 g/mol. The lowest BCUT2D eigenvalue weighted by Gasteiger charge is -2.10. The Hall–Kier alpha value is -2.16. The molecule has 9 heteroatoms. The quantitative estimate of drug-likeness (QED) is 0.653. The highest BCUT2D eigenvalue weighted by atomic mass is 79.9. The minimum absolute atomic E-state index is 0.250. The number of amides is 1. The Balaban J connectivity index is 2.12. The molecule has 2 aromatic heterocycles.